The van der Waals surface area contributed by atoms with Gasteiger partial charge < -0.3 is 15.1 Å². The molecule has 154 valence electrons. The number of piperidine rings is 1. The van der Waals surface area contributed by atoms with E-state index in [9.17, 15) is 0 Å². The van der Waals surface area contributed by atoms with E-state index in [0.29, 0.717) is 0 Å². The van der Waals surface area contributed by atoms with Crippen LogP contribution in [-0.2, 0) is 19.5 Å². The molecule has 3 rings (SSSR count). The Balaban J connectivity index is 0.00000280. The standard InChI is InChI=1S/C22H32N4O.HI/c1-18-9-12-26(13-10-18)17-20-6-3-5-19(15-20)16-25-22(23-2)24-11-8-21-7-4-14-27-21;/h3-7,14-15,18H,8-13,16-17H2,1-2H3,(H2,23,24,25);1H. The monoisotopic (exact) mass is 496 g/mol. The minimum atomic E-state index is 0. The Labute approximate surface area is 186 Å². The molecule has 0 bridgehead atoms. The Morgan fingerprint density at radius 3 is 2.64 bits per heavy atom. The topological polar surface area (TPSA) is 52.8 Å². The van der Waals surface area contributed by atoms with Gasteiger partial charge in [0, 0.05) is 33.1 Å². The number of hydrogen-bond acceptors (Lipinski definition) is 3. The summed E-state index contributed by atoms with van der Waals surface area (Å²) in [5.74, 6) is 2.68. The molecule has 5 nitrogen and oxygen atoms in total. The molecule has 0 saturated carbocycles. The Kier molecular flexibility index (Phi) is 9.84. The van der Waals surface area contributed by atoms with Crippen LogP contribution in [0, 0.1) is 5.92 Å². The van der Waals surface area contributed by atoms with Crippen LogP contribution in [-0.4, -0.2) is 37.5 Å². The van der Waals surface area contributed by atoms with Crippen molar-refractivity contribution in [3.8, 4) is 0 Å². The fourth-order valence-electron chi connectivity index (χ4n) is 3.48. The van der Waals surface area contributed by atoms with Gasteiger partial charge >= 0.3 is 0 Å². The van der Waals surface area contributed by atoms with Gasteiger partial charge in [-0.05, 0) is 55.1 Å². The van der Waals surface area contributed by atoms with Crippen molar-refractivity contribution in [2.75, 3.05) is 26.7 Å². The summed E-state index contributed by atoms with van der Waals surface area (Å²) in [7, 11) is 1.80. The highest BCUT2D eigenvalue weighted by Gasteiger charge is 2.15. The van der Waals surface area contributed by atoms with Gasteiger partial charge in [0.05, 0.1) is 6.26 Å². The minimum absolute atomic E-state index is 0. The number of hydrogen-bond donors (Lipinski definition) is 2. The largest absolute Gasteiger partial charge is 0.469 e. The molecule has 2 heterocycles. The van der Waals surface area contributed by atoms with E-state index in [0.717, 1.165) is 43.7 Å². The van der Waals surface area contributed by atoms with Gasteiger partial charge in [0.2, 0.25) is 0 Å². The molecule has 1 saturated heterocycles. The third-order valence-corrected chi connectivity index (χ3v) is 5.20. The van der Waals surface area contributed by atoms with Crippen LogP contribution >= 0.6 is 24.0 Å². The summed E-state index contributed by atoms with van der Waals surface area (Å²) in [4.78, 5) is 6.87. The first-order valence-electron chi connectivity index (χ1n) is 10.00. The van der Waals surface area contributed by atoms with Gasteiger partial charge in [0.25, 0.3) is 0 Å². The lowest BCUT2D eigenvalue weighted by Gasteiger charge is -2.30. The lowest BCUT2D eigenvalue weighted by molar-refractivity contribution is 0.185. The fourth-order valence-corrected chi connectivity index (χ4v) is 3.48. The number of guanidine groups is 1. The Hall–Kier alpha value is -1.54. The molecule has 2 aromatic rings. The van der Waals surface area contributed by atoms with Gasteiger partial charge in [-0.1, -0.05) is 31.2 Å². The van der Waals surface area contributed by atoms with Crippen LogP contribution in [0.4, 0.5) is 0 Å². The van der Waals surface area contributed by atoms with Gasteiger partial charge in [-0.3, -0.25) is 9.89 Å². The summed E-state index contributed by atoms with van der Waals surface area (Å²) in [5.41, 5.74) is 2.68. The second-order valence-corrected chi connectivity index (χ2v) is 7.46. The van der Waals surface area contributed by atoms with Crippen molar-refractivity contribution < 1.29 is 4.42 Å². The lowest BCUT2D eigenvalue weighted by Crippen LogP contribution is -2.37. The zero-order chi connectivity index (χ0) is 18.9. The van der Waals surface area contributed by atoms with Crippen LogP contribution in [0.3, 0.4) is 0 Å². The number of nitrogens with zero attached hydrogens (tertiary/aromatic N) is 2. The maximum Gasteiger partial charge on any atom is 0.191 e. The molecular weight excluding hydrogens is 463 g/mol. The van der Waals surface area contributed by atoms with E-state index in [1.54, 1.807) is 13.3 Å². The average molecular weight is 496 g/mol. The van der Waals surface area contributed by atoms with Gasteiger partial charge in [-0.25, -0.2) is 0 Å². The van der Waals surface area contributed by atoms with E-state index in [4.69, 9.17) is 4.42 Å². The molecule has 0 spiro atoms. The molecule has 1 aliphatic heterocycles. The first-order valence-corrected chi connectivity index (χ1v) is 10.00. The van der Waals surface area contributed by atoms with Crippen molar-refractivity contribution in [1.29, 1.82) is 0 Å². The molecule has 0 unspecified atom stereocenters. The molecule has 0 aliphatic carbocycles. The maximum absolute atomic E-state index is 5.36. The second-order valence-electron chi connectivity index (χ2n) is 7.46. The first kappa shape index (κ1) is 22.7. The van der Waals surface area contributed by atoms with Gasteiger partial charge in [-0.2, -0.15) is 0 Å². The van der Waals surface area contributed by atoms with E-state index in [1.165, 1.54) is 37.1 Å². The third kappa shape index (κ3) is 7.47. The molecule has 1 aromatic heterocycles. The number of furan rings is 1. The molecule has 0 amide bonds. The fraction of sp³-hybridized carbons (Fsp3) is 0.500. The molecule has 1 fully saturated rings. The first-order chi connectivity index (χ1) is 13.2. The van der Waals surface area contributed by atoms with E-state index >= 15 is 0 Å². The molecule has 1 aliphatic rings. The number of benzene rings is 1. The summed E-state index contributed by atoms with van der Waals surface area (Å²) in [6.45, 7) is 7.41. The summed E-state index contributed by atoms with van der Waals surface area (Å²) in [5, 5.41) is 6.73. The van der Waals surface area contributed by atoms with E-state index < -0.39 is 0 Å². The van der Waals surface area contributed by atoms with Crippen LogP contribution in [0.2, 0.25) is 0 Å². The molecule has 2 N–H and O–H groups in total. The van der Waals surface area contributed by atoms with E-state index in [-0.39, 0.29) is 24.0 Å². The number of likely N-dealkylation sites (tertiary alicyclic amines) is 1. The number of nitrogens with one attached hydrogen (secondary N) is 2. The Bertz CT molecular complexity index is 709. The summed E-state index contributed by atoms with van der Waals surface area (Å²) in [6.07, 6.45) is 5.19. The predicted molar refractivity (Wildman–Crippen MR) is 126 cm³/mol. The van der Waals surface area contributed by atoms with Crippen LogP contribution in [0.25, 0.3) is 0 Å². The summed E-state index contributed by atoms with van der Waals surface area (Å²) < 4.78 is 5.36. The van der Waals surface area contributed by atoms with Gasteiger partial charge in [0.15, 0.2) is 5.96 Å². The quantitative estimate of drug-likeness (QED) is 0.345. The summed E-state index contributed by atoms with van der Waals surface area (Å²) >= 11 is 0. The van der Waals surface area contributed by atoms with Crippen molar-refractivity contribution in [1.82, 2.24) is 15.5 Å². The summed E-state index contributed by atoms with van der Waals surface area (Å²) in [6, 6.07) is 12.8. The number of rotatable bonds is 7. The van der Waals surface area contributed by atoms with Crippen LogP contribution in [0.5, 0.6) is 0 Å². The van der Waals surface area contributed by atoms with E-state index in [1.807, 2.05) is 12.1 Å². The smallest absolute Gasteiger partial charge is 0.191 e. The highest BCUT2D eigenvalue weighted by molar-refractivity contribution is 14.0. The highest BCUT2D eigenvalue weighted by atomic mass is 127. The van der Waals surface area contributed by atoms with Crippen LogP contribution in [0.1, 0.15) is 36.7 Å². The van der Waals surface area contributed by atoms with Crippen molar-refractivity contribution in [2.24, 2.45) is 10.9 Å². The van der Waals surface area contributed by atoms with Crippen molar-refractivity contribution in [3.63, 3.8) is 0 Å². The second kappa shape index (κ2) is 12.1. The molecular formula is C22H33IN4O. The number of aliphatic imine (C=N–C) groups is 1. The van der Waals surface area contributed by atoms with Gasteiger partial charge in [-0.15, -0.1) is 24.0 Å². The van der Waals surface area contributed by atoms with Crippen molar-refractivity contribution in [3.05, 3.63) is 59.5 Å². The molecule has 28 heavy (non-hydrogen) atoms. The van der Waals surface area contributed by atoms with E-state index in [2.05, 4.69) is 51.7 Å². The Morgan fingerprint density at radius 1 is 1.14 bits per heavy atom. The predicted octanol–water partition coefficient (Wildman–Crippen LogP) is 4.04. The molecule has 0 atom stereocenters. The lowest BCUT2D eigenvalue weighted by atomic mass is 9.98. The van der Waals surface area contributed by atoms with Gasteiger partial charge in [0.1, 0.15) is 5.76 Å². The third-order valence-electron chi connectivity index (χ3n) is 5.20. The Morgan fingerprint density at radius 2 is 1.93 bits per heavy atom. The zero-order valence-corrected chi connectivity index (χ0v) is 19.3. The molecule has 0 radical (unpaired) electrons. The highest BCUT2D eigenvalue weighted by Crippen LogP contribution is 2.18. The maximum atomic E-state index is 5.36. The van der Waals surface area contributed by atoms with Crippen molar-refractivity contribution in [2.45, 2.75) is 39.3 Å². The molecule has 6 heteroatoms. The van der Waals surface area contributed by atoms with Crippen molar-refractivity contribution >= 4 is 29.9 Å². The van der Waals surface area contributed by atoms with Crippen LogP contribution < -0.4 is 10.6 Å². The zero-order valence-electron chi connectivity index (χ0n) is 17.0. The molecule has 1 aromatic carbocycles. The normalized spacial score (nSPS) is 15.9. The van der Waals surface area contributed by atoms with Crippen LogP contribution in [0.15, 0.2) is 52.1 Å². The average Bonchev–Trinajstić information content (AvgIpc) is 3.20. The minimum Gasteiger partial charge on any atom is -0.469 e. The number of halogens is 1. The SMILES string of the molecule is CN=C(NCCc1ccco1)NCc1cccc(CN2CCC(C)CC2)c1.I.